The highest BCUT2D eigenvalue weighted by atomic mass is 32.1. The summed E-state index contributed by atoms with van der Waals surface area (Å²) in [7, 11) is 0. The number of benzene rings is 2. The van der Waals surface area contributed by atoms with E-state index in [0.29, 0.717) is 24.2 Å². The summed E-state index contributed by atoms with van der Waals surface area (Å²) in [5.41, 5.74) is 3.46. The standard InChI is InChI=1S/C21H20N4OS/c1-2-15-6-7-18-19(13-15)27-21(23-18)25-10-8-24(9-11-25)20(26)17-5-3-4-16(12-17)14-22/h3-7,12-13H,2,8-11H2,1H3. The maximum absolute atomic E-state index is 12.7. The molecule has 6 heteroatoms. The molecular weight excluding hydrogens is 356 g/mol. The Morgan fingerprint density at radius 3 is 2.74 bits per heavy atom. The molecule has 1 fully saturated rings. The van der Waals surface area contributed by atoms with Crippen LogP contribution in [0.2, 0.25) is 0 Å². The number of carbonyl (C=O) groups excluding carboxylic acids is 1. The van der Waals surface area contributed by atoms with Crippen molar-refractivity contribution in [1.82, 2.24) is 9.88 Å². The lowest BCUT2D eigenvalue weighted by Crippen LogP contribution is -2.48. The van der Waals surface area contributed by atoms with E-state index in [4.69, 9.17) is 10.2 Å². The third-order valence-electron chi connectivity index (χ3n) is 4.93. The molecule has 1 aliphatic rings. The predicted molar refractivity (Wildman–Crippen MR) is 108 cm³/mol. The summed E-state index contributed by atoms with van der Waals surface area (Å²) >= 11 is 1.72. The molecule has 2 aromatic carbocycles. The van der Waals surface area contributed by atoms with Gasteiger partial charge in [0, 0.05) is 31.7 Å². The van der Waals surface area contributed by atoms with Crippen LogP contribution in [0.1, 0.15) is 28.4 Å². The molecule has 136 valence electrons. The molecule has 0 spiro atoms. The first kappa shape index (κ1) is 17.5. The van der Waals surface area contributed by atoms with Gasteiger partial charge in [0.2, 0.25) is 0 Å². The Balaban J connectivity index is 1.45. The number of fused-ring (bicyclic) bond motifs is 1. The number of aromatic nitrogens is 1. The van der Waals surface area contributed by atoms with Gasteiger partial charge >= 0.3 is 0 Å². The number of carbonyl (C=O) groups is 1. The highest BCUT2D eigenvalue weighted by Gasteiger charge is 2.24. The molecule has 1 aliphatic heterocycles. The lowest BCUT2D eigenvalue weighted by Gasteiger charge is -2.34. The number of piperazine rings is 1. The zero-order valence-corrected chi connectivity index (χ0v) is 16.0. The SMILES string of the molecule is CCc1ccc2nc(N3CCN(C(=O)c4cccc(C#N)c4)CC3)sc2c1. The smallest absolute Gasteiger partial charge is 0.254 e. The van der Waals surface area contributed by atoms with Crippen molar-refractivity contribution in [3.8, 4) is 6.07 Å². The molecule has 0 aliphatic carbocycles. The van der Waals surface area contributed by atoms with Crippen LogP contribution in [0.15, 0.2) is 42.5 Å². The van der Waals surface area contributed by atoms with Crippen molar-refractivity contribution in [1.29, 1.82) is 5.26 Å². The van der Waals surface area contributed by atoms with Gasteiger partial charge in [-0.2, -0.15) is 5.26 Å². The lowest BCUT2D eigenvalue weighted by atomic mass is 10.1. The zero-order valence-electron chi connectivity index (χ0n) is 15.2. The van der Waals surface area contributed by atoms with E-state index in [-0.39, 0.29) is 5.91 Å². The molecule has 1 amide bonds. The highest BCUT2D eigenvalue weighted by molar-refractivity contribution is 7.22. The number of hydrogen-bond acceptors (Lipinski definition) is 5. The Labute approximate surface area is 162 Å². The molecule has 0 saturated carbocycles. The number of rotatable bonds is 3. The topological polar surface area (TPSA) is 60.2 Å². The molecule has 27 heavy (non-hydrogen) atoms. The monoisotopic (exact) mass is 376 g/mol. The first-order valence-electron chi connectivity index (χ1n) is 9.12. The van der Waals surface area contributed by atoms with Crippen molar-refractivity contribution in [3.05, 3.63) is 59.2 Å². The van der Waals surface area contributed by atoms with Crippen LogP contribution in [-0.2, 0) is 6.42 Å². The molecule has 0 N–H and O–H groups in total. The second-order valence-corrected chi connectivity index (χ2v) is 7.63. The second-order valence-electron chi connectivity index (χ2n) is 6.62. The highest BCUT2D eigenvalue weighted by Crippen LogP contribution is 2.30. The number of thiazole rings is 1. The van der Waals surface area contributed by atoms with Crippen LogP contribution in [0.5, 0.6) is 0 Å². The van der Waals surface area contributed by atoms with Gasteiger partial charge in [-0.3, -0.25) is 4.79 Å². The summed E-state index contributed by atoms with van der Waals surface area (Å²) in [6.07, 6.45) is 1.02. The second kappa shape index (κ2) is 7.37. The normalized spacial score (nSPS) is 14.4. The average Bonchev–Trinajstić information content (AvgIpc) is 3.16. The molecule has 1 saturated heterocycles. The number of anilines is 1. The van der Waals surface area contributed by atoms with Crippen LogP contribution in [0, 0.1) is 11.3 Å². The Morgan fingerprint density at radius 1 is 1.19 bits per heavy atom. The molecule has 4 rings (SSSR count). The summed E-state index contributed by atoms with van der Waals surface area (Å²) < 4.78 is 1.22. The molecule has 0 atom stereocenters. The Bertz CT molecular complexity index is 1030. The molecule has 0 radical (unpaired) electrons. The van der Waals surface area contributed by atoms with Gasteiger partial charge in [0.25, 0.3) is 5.91 Å². The van der Waals surface area contributed by atoms with Gasteiger partial charge in [-0.05, 0) is 42.3 Å². The van der Waals surface area contributed by atoms with Crippen LogP contribution in [0.3, 0.4) is 0 Å². The molecule has 3 aromatic rings. The van der Waals surface area contributed by atoms with Crippen molar-refractivity contribution in [2.45, 2.75) is 13.3 Å². The Hall–Kier alpha value is -2.91. The van der Waals surface area contributed by atoms with E-state index in [1.54, 1.807) is 35.6 Å². The van der Waals surface area contributed by atoms with Gasteiger partial charge in [-0.25, -0.2) is 4.98 Å². The fourth-order valence-corrected chi connectivity index (χ4v) is 4.40. The van der Waals surface area contributed by atoms with Gasteiger partial charge in [-0.15, -0.1) is 0 Å². The van der Waals surface area contributed by atoms with E-state index in [9.17, 15) is 4.79 Å². The molecular formula is C21H20N4OS. The fraction of sp³-hybridized carbons (Fsp3) is 0.286. The molecule has 5 nitrogen and oxygen atoms in total. The van der Waals surface area contributed by atoms with Gasteiger partial charge in [0.15, 0.2) is 5.13 Å². The summed E-state index contributed by atoms with van der Waals surface area (Å²) in [6.45, 7) is 5.01. The molecule has 1 aromatic heterocycles. The van der Waals surface area contributed by atoms with E-state index in [2.05, 4.69) is 36.1 Å². The van der Waals surface area contributed by atoms with Crippen LogP contribution in [0.25, 0.3) is 10.2 Å². The maximum atomic E-state index is 12.7. The van der Waals surface area contributed by atoms with Crippen molar-refractivity contribution < 1.29 is 4.79 Å². The number of amides is 1. The maximum Gasteiger partial charge on any atom is 0.254 e. The van der Waals surface area contributed by atoms with Gasteiger partial charge in [0.05, 0.1) is 21.8 Å². The van der Waals surface area contributed by atoms with Gasteiger partial charge in [-0.1, -0.05) is 30.4 Å². The summed E-state index contributed by atoms with van der Waals surface area (Å²) in [4.78, 5) is 21.6. The minimum absolute atomic E-state index is 0.0105. The third kappa shape index (κ3) is 3.51. The van der Waals surface area contributed by atoms with E-state index < -0.39 is 0 Å². The first-order chi connectivity index (χ1) is 13.2. The zero-order chi connectivity index (χ0) is 18.8. The first-order valence-corrected chi connectivity index (χ1v) is 9.93. The average molecular weight is 376 g/mol. The van der Waals surface area contributed by atoms with Gasteiger partial charge in [0.1, 0.15) is 0 Å². The number of hydrogen-bond donors (Lipinski definition) is 0. The van der Waals surface area contributed by atoms with E-state index >= 15 is 0 Å². The summed E-state index contributed by atoms with van der Waals surface area (Å²) in [5, 5.41) is 10.0. The number of nitriles is 1. The number of nitrogens with zero attached hydrogens (tertiary/aromatic N) is 4. The van der Waals surface area contributed by atoms with Crippen LogP contribution in [0.4, 0.5) is 5.13 Å². The molecule has 0 unspecified atom stereocenters. The largest absolute Gasteiger partial charge is 0.345 e. The molecule has 2 heterocycles. The van der Waals surface area contributed by atoms with Crippen molar-refractivity contribution in [3.63, 3.8) is 0 Å². The van der Waals surface area contributed by atoms with E-state index in [0.717, 1.165) is 30.2 Å². The van der Waals surface area contributed by atoms with E-state index in [1.165, 1.54) is 10.3 Å². The quantitative estimate of drug-likeness (QED) is 0.699. The van der Waals surface area contributed by atoms with Crippen molar-refractivity contribution in [2.75, 3.05) is 31.1 Å². The lowest BCUT2D eigenvalue weighted by molar-refractivity contribution is 0.0746. The Morgan fingerprint density at radius 2 is 2.00 bits per heavy atom. The minimum Gasteiger partial charge on any atom is -0.345 e. The van der Waals surface area contributed by atoms with Crippen LogP contribution >= 0.6 is 11.3 Å². The van der Waals surface area contributed by atoms with Crippen LogP contribution in [-0.4, -0.2) is 42.0 Å². The third-order valence-corrected chi connectivity index (χ3v) is 6.00. The van der Waals surface area contributed by atoms with E-state index in [1.807, 2.05) is 4.90 Å². The van der Waals surface area contributed by atoms with Gasteiger partial charge < -0.3 is 9.80 Å². The fourth-order valence-electron chi connectivity index (χ4n) is 3.32. The molecule has 0 bridgehead atoms. The predicted octanol–water partition coefficient (Wildman–Crippen LogP) is 3.69. The Kier molecular flexibility index (Phi) is 4.78. The van der Waals surface area contributed by atoms with Crippen molar-refractivity contribution >= 4 is 32.6 Å². The number of aryl methyl sites for hydroxylation is 1. The summed E-state index contributed by atoms with van der Waals surface area (Å²) in [5.74, 6) is -0.0105. The van der Waals surface area contributed by atoms with Crippen molar-refractivity contribution in [2.24, 2.45) is 0 Å². The minimum atomic E-state index is -0.0105. The summed E-state index contributed by atoms with van der Waals surface area (Å²) in [6, 6.07) is 15.4. The van der Waals surface area contributed by atoms with Crippen LogP contribution < -0.4 is 4.90 Å².